The molecule has 0 amide bonds. The molecule has 1 aliphatic heterocycles. The molecule has 4 rings (SSSR count). The monoisotopic (exact) mass is 428 g/mol. The minimum absolute atomic E-state index is 0.0236. The maximum Gasteiger partial charge on any atom is 0.307 e. The molecule has 0 unspecified atom stereocenters. The maximum atomic E-state index is 14.0. The van der Waals surface area contributed by atoms with Crippen molar-refractivity contribution in [3.05, 3.63) is 62.9 Å². The van der Waals surface area contributed by atoms with Crippen molar-refractivity contribution >= 4 is 44.7 Å². The van der Waals surface area contributed by atoms with Gasteiger partial charge >= 0.3 is 4.87 Å². The third-order valence-corrected chi connectivity index (χ3v) is 6.45. The Labute approximate surface area is 176 Å². The smallest absolute Gasteiger partial charge is 0.307 e. The van der Waals surface area contributed by atoms with Crippen molar-refractivity contribution in [1.82, 2.24) is 4.57 Å². The average molecular weight is 429 g/mol. The summed E-state index contributed by atoms with van der Waals surface area (Å²) in [4.78, 5) is 18.0. The number of thiazole rings is 1. The Morgan fingerprint density at radius 1 is 1.30 bits per heavy atom. The molecule has 1 aromatic heterocycles. The summed E-state index contributed by atoms with van der Waals surface area (Å²) in [6.07, 6.45) is 1.86. The number of hydrogen-bond acceptors (Lipinski definition) is 5. The maximum absolute atomic E-state index is 14.0. The molecule has 1 aliphatic rings. The van der Waals surface area contributed by atoms with E-state index < -0.39 is 6.43 Å². The molecule has 0 fully saturated rings. The molecule has 8 heteroatoms. The molecule has 0 atom stereocenters. The van der Waals surface area contributed by atoms with Gasteiger partial charge in [0.2, 0.25) is 0 Å². The molecule has 2 aromatic carbocycles. The molecule has 3 aromatic rings. The van der Waals surface area contributed by atoms with Crippen molar-refractivity contribution in [2.24, 2.45) is 17.8 Å². The van der Waals surface area contributed by atoms with E-state index >= 15 is 0 Å². The van der Waals surface area contributed by atoms with Crippen LogP contribution in [0.5, 0.6) is 0 Å². The first-order valence-corrected chi connectivity index (χ1v) is 10.4. The summed E-state index contributed by atoms with van der Waals surface area (Å²) in [6, 6.07) is 9.18. The first kappa shape index (κ1) is 20.3. The lowest BCUT2D eigenvalue weighted by atomic mass is 9.92. The van der Waals surface area contributed by atoms with Gasteiger partial charge in [-0.3, -0.25) is 9.79 Å². The second kappa shape index (κ2) is 8.02. The van der Waals surface area contributed by atoms with Gasteiger partial charge in [0.25, 0.3) is 6.43 Å². The number of nitrogens with zero attached hydrogens (tertiary/aromatic N) is 3. The van der Waals surface area contributed by atoms with Gasteiger partial charge in [-0.25, -0.2) is 8.78 Å². The number of aliphatic imine (C=N–C) groups is 1. The first-order chi connectivity index (χ1) is 14.4. The molecule has 0 radical (unpaired) electrons. The summed E-state index contributed by atoms with van der Waals surface area (Å²) in [6.45, 7) is 0.721. The van der Waals surface area contributed by atoms with Crippen LogP contribution >= 0.6 is 11.3 Å². The molecule has 0 bridgehead atoms. The van der Waals surface area contributed by atoms with Crippen LogP contribution in [0.1, 0.15) is 29.5 Å². The molecule has 0 aliphatic carbocycles. The number of fused-ring (bicyclic) bond motifs is 2. The van der Waals surface area contributed by atoms with Crippen LogP contribution in [-0.2, 0) is 13.5 Å². The van der Waals surface area contributed by atoms with Crippen molar-refractivity contribution in [3.63, 3.8) is 0 Å². The van der Waals surface area contributed by atoms with E-state index in [1.807, 2.05) is 24.3 Å². The first-order valence-electron chi connectivity index (χ1n) is 9.61. The number of rotatable bonds is 4. The van der Waals surface area contributed by atoms with Gasteiger partial charge in [0.15, 0.2) is 0 Å². The summed E-state index contributed by atoms with van der Waals surface area (Å²) in [5, 5.41) is 0. The topological polar surface area (TPSA) is 63.6 Å². The molecule has 5 nitrogen and oxygen atoms in total. The highest BCUT2D eigenvalue weighted by Crippen LogP contribution is 2.40. The number of halogens is 2. The van der Waals surface area contributed by atoms with Crippen LogP contribution in [0, 0.1) is 0 Å². The zero-order valence-corrected chi connectivity index (χ0v) is 17.5. The van der Waals surface area contributed by atoms with Crippen LogP contribution in [0.25, 0.3) is 15.8 Å². The normalized spacial score (nSPS) is 14.8. The van der Waals surface area contributed by atoms with E-state index in [4.69, 9.17) is 5.73 Å². The van der Waals surface area contributed by atoms with Gasteiger partial charge in [0.05, 0.1) is 10.2 Å². The van der Waals surface area contributed by atoms with E-state index in [1.165, 1.54) is 23.8 Å². The van der Waals surface area contributed by atoms with Crippen LogP contribution < -0.4 is 15.5 Å². The molecule has 0 saturated heterocycles. The van der Waals surface area contributed by atoms with Gasteiger partial charge in [-0.1, -0.05) is 11.3 Å². The number of hydrogen-bond donors (Lipinski definition) is 1. The summed E-state index contributed by atoms with van der Waals surface area (Å²) in [7, 11) is 3.33. The largest absolute Gasteiger partial charge is 0.404 e. The second-order valence-corrected chi connectivity index (χ2v) is 8.21. The Morgan fingerprint density at radius 2 is 2.10 bits per heavy atom. The summed E-state index contributed by atoms with van der Waals surface area (Å²) in [5.41, 5.74) is 10.0. The Kier molecular flexibility index (Phi) is 5.42. The number of aryl methyl sites for hydroxylation is 2. The number of allylic oxidation sites excluding steroid dienone is 1. The van der Waals surface area contributed by atoms with Gasteiger partial charge in [0, 0.05) is 55.6 Å². The van der Waals surface area contributed by atoms with Gasteiger partial charge in [-0.2, -0.15) is 0 Å². The SMILES string of the molecule is CN=CC(=CN)c1cc2c(cc1C(F)F)N(c1ccc3c(c1)sc(=O)n3C)CCC2. The fourth-order valence-corrected chi connectivity index (χ4v) is 4.89. The van der Waals surface area contributed by atoms with Crippen molar-refractivity contribution < 1.29 is 8.78 Å². The van der Waals surface area contributed by atoms with Crippen molar-refractivity contribution in [1.29, 1.82) is 0 Å². The lowest BCUT2D eigenvalue weighted by Gasteiger charge is -2.32. The van der Waals surface area contributed by atoms with Gasteiger partial charge < -0.3 is 15.2 Å². The standard InChI is InChI=1S/C22H22F2N4OS/c1-26-12-14(11-25)16-8-13-4-3-7-28(19(13)10-17(16)21(23)24)15-5-6-18-20(9-15)30-22(29)27(18)2/h5-6,8-12,21H,3-4,7,25H2,1-2H3. The summed E-state index contributed by atoms with van der Waals surface area (Å²) < 4.78 is 30.4. The Hall–Kier alpha value is -3.00. The zero-order valence-electron chi connectivity index (χ0n) is 16.7. The van der Waals surface area contributed by atoms with Crippen LogP contribution in [0.15, 0.2) is 46.3 Å². The highest BCUT2D eigenvalue weighted by atomic mass is 32.1. The molecule has 156 valence electrons. The number of anilines is 2. The van der Waals surface area contributed by atoms with Gasteiger partial charge in [-0.15, -0.1) is 0 Å². The van der Waals surface area contributed by atoms with E-state index in [0.29, 0.717) is 11.1 Å². The predicted molar refractivity (Wildman–Crippen MR) is 120 cm³/mol. The molecular formula is C22H22F2N4OS. The fraction of sp³-hybridized carbons (Fsp3) is 0.273. The van der Waals surface area contributed by atoms with Gasteiger partial charge in [0.1, 0.15) is 0 Å². The molecule has 30 heavy (non-hydrogen) atoms. The molecule has 0 spiro atoms. The van der Waals surface area contributed by atoms with Crippen molar-refractivity contribution in [2.75, 3.05) is 18.5 Å². The van der Waals surface area contributed by atoms with Crippen molar-refractivity contribution in [3.8, 4) is 0 Å². The fourth-order valence-electron chi connectivity index (χ4n) is 3.98. The number of aromatic nitrogens is 1. The lowest BCUT2D eigenvalue weighted by molar-refractivity contribution is 0.151. The summed E-state index contributed by atoms with van der Waals surface area (Å²) in [5.74, 6) is 0. The number of alkyl halides is 2. The van der Waals surface area contributed by atoms with Crippen LogP contribution in [-0.4, -0.2) is 24.4 Å². The third-order valence-electron chi connectivity index (χ3n) is 5.45. The number of nitrogens with two attached hydrogens (primary N) is 1. The highest BCUT2D eigenvalue weighted by molar-refractivity contribution is 7.16. The second-order valence-electron chi connectivity index (χ2n) is 7.21. The van der Waals surface area contributed by atoms with E-state index in [9.17, 15) is 13.6 Å². The van der Waals surface area contributed by atoms with E-state index in [0.717, 1.165) is 46.5 Å². The molecular weight excluding hydrogens is 406 g/mol. The Bertz CT molecular complexity index is 1230. The number of benzene rings is 2. The van der Waals surface area contributed by atoms with E-state index in [2.05, 4.69) is 9.89 Å². The van der Waals surface area contributed by atoms with E-state index in [1.54, 1.807) is 24.7 Å². The minimum atomic E-state index is -2.64. The third kappa shape index (κ3) is 3.41. The Balaban J connectivity index is 1.86. The molecule has 0 saturated carbocycles. The molecule has 2 heterocycles. The average Bonchev–Trinajstić information content (AvgIpc) is 3.03. The highest BCUT2D eigenvalue weighted by Gasteiger charge is 2.25. The predicted octanol–water partition coefficient (Wildman–Crippen LogP) is 4.62. The summed E-state index contributed by atoms with van der Waals surface area (Å²) >= 11 is 1.19. The minimum Gasteiger partial charge on any atom is -0.404 e. The lowest BCUT2D eigenvalue weighted by Crippen LogP contribution is -2.25. The molecule has 2 N–H and O–H groups in total. The van der Waals surface area contributed by atoms with Crippen LogP contribution in [0.2, 0.25) is 0 Å². The van der Waals surface area contributed by atoms with E-state index in [-0.39, 0.29) is 10.4 Å². The Morgan fingerprint density at radius 3 is 2.80 bits per heavy atom. The van der Waals surface area contributed by atoms with Crippen LogP contribution in [0.3, 0.4) is 0 Å². The quantitative estimate of drug-likeness (QED) is 0.617. The van der Waals surface area contributed by atoms with Crippen molar-refractivity contribution in [2.45, 2.75) is 19.3 Å². The zero-order chi connectivity index (χ0) is 21.4. The van der Waals surface area contributed by atoms with Gasteiger partial charge in [-0.05, 0) is 54.3 Å². The van der Waals surface area contributed by atoms with Crippen LogP contribution in [0.4, 0.5) is 20.2 Å².